The van der Waals surface area contributed by atoms with Crippen LogP contribution >= 0.6 is 0 Å². The Kier molecular flexibility index (Phi) is 4.04. The van der Waals surface area contributed by atoms with E-state index in [1.54, 1.807) is 24.3 Å². The number of fused-ring (bicyclic) bond motifs is 1. The summed E-state index contributed by atoms with van der Waals surface area (Å²) in [6, 6.07) is 7.68. The number of ketones is 1. The number of benzene rings is 2. The Morgan fingerprint density at radius 3 is 2.58 bits per heavy atom. The summed E-state index contributed by atoms with van der Waals surface area (Å²) in [5.41, 5.74) is 1.17. The molecule has 1 aliphatic rings. The Morgan fingerprint density at radius 1 is 1.08 bits per heavy atom. The SMILES string of the molecule is COc1cc(O)c2c(c1)OCC(=Cc1ccc(O)c(OC)c1)C2=O. The van der Waals surface area contributed by atoms with Gasteiger partial charge in [0.25, 0.3) is 0 Å². The van der Waals surface area contributed by atoms with E-state index in [2.05, 4.69) is 0 Å². The maximum Gasteiger partial charge on any atom is 0.199 e. The Labute approximate surface area is 138 Å². The fourth-order valence-electron chi connectivity index (χ4n) is 2.51. The van der Waals surface area contributed by atoms with Gasteiger partial charge >= 0.3 is 0 Å². The predicted molar refractivity (Wildman–Crippen MR) is 87.1 cm³/mol. The third-order valence-corrected chi connectivity index (χ3v) is 3.74. The maximum absolute atomic E-state index is 12.6. The summed E-state index contributed by atoms with van der Waals surface area (Å²) in [4.78, 5) is 12.6. The standard InChI is InChI=1S/C18H16O6/c1-22-12-7-14(20)17-16(8-12)24-9-11(18(17)21)5-10-3-4-13(19)15(6-10)23-2/h3-8,19-20H,9H2,1-2H3. The zero-order valence-corrected chi connectivity index (χ0v) is 13.2. The number of hydrogen-bond donors (Lipinski definition) is 2. The van der Waals surface area contributed by atoms with Gasteiger partial charge in [-0.2, -0.15) is 0 Å². The van der Waals surface area contributed by atoms with E-state index in [0.29, 0.717) is 22.6 Å². The van der Waals surface area contributed by atoms with E-state index in [0.717, 1.165) is 0 Å². The summed E-state index contributed by atoms with van der Waals surface area (Å²) in [5, 5.41) is 19.7. The van der Waals surface area contributed by atoms with E-state index in [-0.39, 0.29) is 35.2 Å². The molecule has 0 bridgehead atoms. The largest absolute Gasteiger partial charge is 0.507 e. The number of rotatable bonds is 3. The number of hydrogen-bond acceptors (Lipinski definition) is 6. The van der Waals surface area contributed by atoms with Crippen LogP contribution in [0.15, 0.2) is 35.9 Å². The van der Waals surface area contributed by atoms with Crippen molar-refractivity contribution < 1.29 is 29.2 Å². The highest BCUT2D eigenvalue weighted by atomic mass is 16.5. The van der Waals surface area contributed by atoms with E-state index >= 15 is 0 Å². The van der Waals surface area contributed by atoms with Gasteiger partial charge in [-0.25, -0.2) is 0 Å². The minimum Gasteiger partial charge on any atom is -0.507 e. The van der Waals surface area contributed by atoms with Crippen molar-refractivity contribution in [1.82, 2.24) is 0 Å². The maximum atomic E-state index is 12.6. The Balaban J connectivity index is 1.99. The van der Waals surface area contributed by atoms with Crippen LogP contribution in [0.5, 0.6) is 28.7 Å². The molecule has 6 heteroatoms. The van der Waals surface area contributed by atoms with Crippen LogP contribution in [0.2, 0.25) is 0 Å². The first-order valence-electron chi connectivity index (χ1n) is 7.19. The third-order valence-electron chi connectivity index (χ3n) is 3.74. The fraction of sp³-hybridized carbons (Fsp3) is 0.167. The molecule has 3 rings (SSSR count). The van der Waals surface area contributed by atoms with Crippen molar-refractivity contribution in [2.24, 2.45) is 0 Å². The summed E-state index contributed by atoms with van der Waals surface area (Å²) in [6.07, 6.45) is 1.64. The lowest BCUT2D eigenvalue weighted by Crippen LogP contribution is -2.19. The second-order valence-electron chi connectivity index (χ2n) is 5.24. The van der Waals surface area contributed by atoms with E-state index in [9.17, 15) is 15.0 Å². The Morgan fingerprint density at radius 2 is 1.88 bits per heavy atom. The minimum atomic E-state index is -0.316. The molecule has 24 heavy (non-hydrogen) atoms. The molecule has 0 radical (unpaired) electrons. The molecule has 0 spiro atoms. The first kappa shape index (κ1) is 15.7. The number of aromatic hydroxyl groups is 2. The molecule has 0 aliphatic carbocycles. The highest BCUT2D eigenvalue weighted by Crippen LogP contribution is 2.38. The van der Waals surface area contributed by atoms with E-state index in [1.807, 2.05) is 0 Å². The van der Waals surface area contributed by atoms with Gasteiger partial charge in [0.2, 0.25) is 0 Å². The van der Waals surface area contributed by atoms with Crippen LogP contribution in [0, 0.1) is 0 Å². The topological polar surface area (TPSA) is 85.2 Å². The van der Waals surface area contributed by atoms with E-state index in [1.165, 1.54) is 26.4 Å². The zero-order valence-electron chi connectivity index (χ0n) is 13.2. The van der Waals surface area contributed by atoms with Crippen molar-refractivity contribution >= 4 is 11.9 Å². The Hall–Kier alpha value is -3.15. The Bertz CT molecular complexity index is 838. The number of phenols is 2. The number of phenolic OH excluding ortho intramolecular Hbond substituents is 2. The molecular formula is C18H16O6. The molecule has 0 fully saturated rings. The highest BCUT2D eigenvalue weighted by Gasteiger charge is 2.27. The van der Waals surface area contributed by atoms with Gasteiger partial charge in [0.05, 0.1) is 14.2 Å². The van der Waals surface area contributed by atoms with Crippen LogP contribution in [-0.2, 0) is 0 Å². The monoisotopic (exact) mass is 328 g/mol. The number of ether oxygens (including phenoxy) is 3. The summed E-state index contributed by atoms with van der Waals surface area (Å²) in [5.74, 6) is 0.515. The lowest BCUT2D eigenvalue weighted by atomic mass is 9.97. The molecule has 2 aromatic carbocycles. The van der Waals surface area contributed by atoms with Crippen LogP contribution in [0.25, 0.3) is 6.08 Å². The molecule has 1 aliphatic heterocycles. The van der Waals surface area contributed by atoms with Gasteiger partial charge in [-0.3, -0.25) is 4.79 Å². The normalized spacial score (nSPS) is 14.9. The number of carbonyl (C=O) groups excluding carboxylic acids is 1. The van der Waals surface area contributed by atoms with Crippen LogP contribution in [-0.4, -0.2) is 36.8 Å². The van der Waals surface area contributed by atoms with Crippen LogP contribution < -0.4 is 14.2 Å². The first-order chi connectivity index (χ1) is 11.5. The molecule has 0 aromatic heterocycles. The van der Waals surface area contributed by atoms with Crippen molar-refractivity contribution in [3.05, 3.63) is 47.0 Å². The highest BCUT2D eigenvalue weighted by molar-refractivity contribution is 6.15. The fourth-order valence-corrected chi connectivity index (χ4v) is 2.51. The molecule has 0 amide bonds. The van der Waals surface area contributed by atoms with Crippen LogP contribution in [0.1, 0.15) is 15.9 Å². The molecular weight excluding hydrogens is 312 g/mol. The van der Waals surface area contributed by atoms with Gasteiger partial charge in [0.1, 0.15) is 29.4 Å². The quantitative estimate of drug-likeness (QED) is 0.843. The second-order valence-corrected chi connectivity index (χ2v) is 5.24. The molecule has 0 saturated carbocycles. The number of methoxy groups -OCH3 is 2. The molecule has 2 aromatic rings. The molecule has 0 saturated heterocycles. The molecule has 0 unspecified atom stereocenters. The average molecular weight is 328 g/mol. The molecule has 1 heterocycles. The lowest BCUT2D eigenvalue weighted by molar-refractivity contribution is 0.0997. The average Bonchev–Trinajstić information content (AvgIpc) is 2.58. The van der Waals surface area contributed by atoms with Crippen molar-refractivity contribution in [3.63, 3.8) is 0 Å². The first-order valence-corrected chi connectivity index (χ1v) is 7.19. The van der Waals surface area contributed by atoms with Crippen molar-refractivity contribution in [3.8, 4) is 28.7 Å². The van der Waals surface area contributed by atoms with E-state index in [4.69, 9.17) is 14.2 Å². The van der Waals surface area contributed by atoms with Gasteiger partial charge in [-0.15, -0.1) is 0 Å². The zero-order chi connectivity index (χ0) is 17.3. The van der Waals surface area contributed by atoms with Gasteiger partial charge in [0, 0.05) is 17.7 Å². The third kappa shape index (κ3) is 2.74. The number of Topliss-reactive ketones (excluding diaryl/α,β-unsaturated/α-hetero) is 1. The van der Waals surface area contributed by atoms with Crippen molar-refractivity contribution in [1.29, 1.82) is 0 Å². The van der Waals surface area contributed by atoms with Gasteiger partial charge < -0.3 is 24.4 Å². The van der Waals surface area contributed by atoms with Gasteiger partial charge in [0.15, 0.2) is 17.3 Å². The summed E-state index contributed by atoms with van der Waals surface area (Å²) in [7, 11) is 2.91. The van der Waals surface area contributed by atoms with Crippen LogP contribution in [0.3, 0.4) is 0 Å². The molecule has 124 valence electrons. The summed E-state index contributed by atoms with van der Waals surface area (Å²) >= 11 is 0. The molecule has 0 atom stereocenters. The lowest BCUT2D eigenvalue weighted by Gasteiger charge is -2.20. The number of carbonyl (C=O) groups is 1. The summed E-state index contributed by atoms with van der Waals surface area (Å²) in [6.45, 7) is 0.0711. The smallest absolute Gasteiger partial charge is 0.199 e. The predicted octanol–water partition coefficient (Wildman–Crippen LogP) is 2.77. The minimum absolute atomic E-state index is 0.0148. The van der Waals surface area contributed by atoms with Crippen molar-refractivity contribution in [2.45, 2.75) is 0 Å². The van der Waals surface area contributed by atoms with E-state index < -0.39 is 0 Å². The molecule has 6 nitrogen and oxygen atoms in total. The van der Waals surface area contributed by atoms with Gasteiger partial charge in [-0.1, -0.05) is 6.07 Å². The summed E-state index contributed by atoms with van der Waals surface area (Å²) < 4.78 is 15.7. The van der Waals surface area contributed by atoms with Gasteiger partial charge in [-0.05, 0) is 23.8 Å². The molecule has 2 N–H and O–H groups in total. The second kappa shape index (κ2) is 6.16. The van der Waals surface area contributed by atoms with Crippen LogP contribution in [0.4, 0.5) is 0 Å². The van der Waals surface area contributed by atoms with Crippen molar-refractivity contribution in [2.75, 3.05) is 20.8 Å².